The summed E-state index contributed by atoms with van der Waals surface area (Å²) in [7, 11) is 0. The summed E-state index contributed by atoms with van der Waals surface area (Å²) in [4.78, 5) is 0. The monoisotopic (exact) mass is 213 g/mol. The SMILES string of the molecule is CC/C=C(\C=C/CCl)C1CCNCC1. The van der Waals surface area contributed by atoms with Crippen LogP contribution in [0.5, 0.6) is 0 Å². The van der Waals surface area contributed by atoms with Gasteiger partial charge in [-0.25, -0.2) is 0 Å². The zero-order chi connectivity index (χ0) is 10.2. The Morgan fingerprint density at radius 1 is 1.43 bits per heavy atom. The normalized spacial score (nSPS) is 20.6. The Balaban J connectivity index is 2.56. The molecule has 14 heavy (non-hydrogen) atoms. The Morgan fingerprint density at radius 3 is 2.71 bits per heavy atom. The number of nitrogens with one attached hydrogen (secondary N) is 1. The minimum Gasteiger partial charge on any atom is -0.317 e. The molecule has 0 atom stereocenters. The summed E-state index contributed by atoms with van der Waals surface area (Å²) < 4.78 is 0. The molecule has 0 aromatic rings. The minimum atomic E-state index is 0.617. The molecule has 0 unspecified atom stereocenters. The molecule has 1 fully saturated rings. The largest absolute Gasteiger partial charge is 0.317 e. The molecule has 0 aliphatic carbocycles. The van der Waals surface area contributed by atoms with Crippen molar-refractivity contribution in [2.75, 3.05) is 19.0 Å². The first-order valence-electron chi connectivity index (χ1n) is 5.51. The summed E-state index contributed by atoms with van der Waals surface area (Å²) in [5.74, 6) is 1.36. The molecular formula is C12H20ClN. The lowest BCUT2D eigenvalue weighted by atomic mass is 9.89. The Hall–Kier alpha value is -0.270. The third-order valence-corrected chi connectivity index (χ3v) is 2.83. The average Bonchev–Trinajstić information content (AvgIpc) is 2.25. The summed E-state index contributed by atoms with van der Waals surface area (Å²) >= 11 is 5.66. The molecular weight excluding hydrogens is 194 g/mol. The van der Waals surface area contributed by atoms with Gasteiger partial charge in [-0.15, -0.1) is 11.6 Å². The second-order valence-electron chi connectivity index (χ2n) is 3.69. The number of alkyl halides is 1. The number of hydrogen-bond acceptors (Lipinski definition) is 1. The lowest BCUT2D eigenvalue weighted by Gasteiger charge is -2.23. The van der Waals surface area contributed by atoms with Gasteiger partial charge in [0.25, 0.3) is 0 Å². The fourth-order valence-electron chi connectivity index (χ4n) is 1.94. The molecule has 0 aromatic carbocycles. The van der Waals surface area contributed by atoms with E-state index in [1.807, 2.05) is 6.08 Å². The predicted octanol–water partition coefficient (Wildman–Crippen LogP) is 3.12. The maximum absolute atomic E-state index is 5.66. The highest BCUT2D eigenvalue weighted by molar-refractivity contribution is 6.18. The number of rotatable bonds is 4. The molecule has 0 bridgehead atoms. The van der Waals surface area contributed by atoms with Crippen molar-refractivity contribution in [3.05, 3.63) is 23.8 Å². The summed E-state index contributed by atoms with van der Waals surface area (Å²) in [5.41, 5.74) is 1.48. The molecule has 2 heteroatoms. The van der Waals surface area contributed by atoms with E-state index in [0.29, 0.717) is 5.88 Å². The van der Waals surface area contributed by atoms with E-state index >= 15 is 0 Å². The van der Waals surface area contributed by atoms with E-state index in [-0.39, 0.29) is 0 Å². The first-order valence-corrected chi connectivity index (χ1v) is 6.05. The lowest BCUT2D eigenvalue weighted by Crippen LogP contribution is -2.28. The predicted molar refractivity (Wildman–Crippen MR) is 63.8 cm³/mol. The first kappa shape index (κ1) is 11.8. The maximum Gasteiger partial charge on any atom is 0.0407 e. The summed E-state index contributed by atoms with van der Waals surface area (Å²) in [6.45, 7) is 4.50. The smallest absolute Gasteiger partial charge is 0.0407 e. The molecule has 1 aliphatic rings. The van der Waals surface area contributed by atoms with Gasteiger partial charge in [0.2, 0.25) is 0 Å². The molecule has 1 N–H and O–H groups in total. The van der Waals surface area contributed by atoms with E-state index in [2.05, 4.69) is 24.4 Å². The van der Waals surface area contributed by atoms with E-state index in [9.17, 15) is 0 Å². The Labute approximate surface area is 92.2 Å². The van der Waals surface area contributed by atoms with Crippen molar-refractivity contribution in [1.82, 2.24) is 5.32 Å². The van der Waals surface area contributed by atoms with E-state index in [0.717, 1.165) is 25.4 Å². The van der Waals surface area contributed by atoms with Crippen LogP contribution in [0.25, 0.3) is 0 Å². The van der Waals surface area contributed by atoms with Gasteiger partial charge < -0.3 is 5.32 Å². The Morgan fingerprint density at radius 2 is 2.14 bits per heavy atom. The Bertz CT molecular complexity index is 202. The molecule has 0 amide bonds. The topological polar surface area (TPSA) is 12.0 Å². The van der Waals surface area contributed by atoms with Crippen LogP contribution in [0.15, 0.2) is 23.8 Å². The number of allylic oxidation sites excluding steroid dienone is 4. The molecule has 1 aliphatic heterocycles. The molecule has 1 rings (SSSR count). The standard InChI is InChI=1S/C12H20ClN/c1-2-4-11(5-3-8-13)12-6-9-14-10-7-12/h3-5,12,14H,2,6-10H2,1H3/b5-3-,11-4+. The van der Waals surface area contributed by atoms with E-state index in [1.165, 1.54) is 18.4 Å². The van der Waals surface area contributed by atoms with Gasteiger partial charge >= 0.3 is 0 Å². The second kappa shape index (κ2) is 7.08. The van der Waals surface area contributed by atoms with Crippen molar-refractivity contribution in [2.45, 2.75) is 26.2 Å². The summed E-state index contributed by atoms with van der Waals surface area (Å²) in [6.07, 6.45) is 10.2. The van der Waals surface area contributed by atoms with Gasteiger partial charge in [-0.2, -0.15) is 0 Å². The van der Waals surface area contributed by atoms with E-state index in [4.69, 9.17) is 11.6 Å². The fraction of sp³-hybridized carbons (Fsp3) is 0.667. The van der Waals surface area contributed by atoms with Crippen LogP contribution < -0.4 is 5.32 Å². The van der Waals surface area contributed by atoms with Crippen LogP contribution in [-0.4, -0.2) is 19.0 Å². The van der Waals surface area contributed by atoms with Crippen molar-refractivity contribution in [1.29, 1.82) is 0 Å². The van der Waals surface area contributed by atoms with Crippen LogP contribution in [0.4, 0.5) is 0 Å². The Kier molecular flexibility index (Phi) is 5.97. The molecule has 1 nitrogen and oxygen atoms in total. The van der Waals surface area contributed by atoms with Crippen LogP contribution in [0.1, 0.15) is 26.2 Å². The molecule has 1 heterocycles. The molecule has 0 radical (unpaired) electrons. The van der Waals surface area contributed by atoms with Crippen molar-refractivity contribution < 1.29 is 0 Å². The average molecular weight is 214 g/mol. The van der Waals surface area contributed by atoms with Crippen molar-refractivity contribution in [3.63, 3.8) is 0 Å². The third kappa shape index (κ3) is 3.85. The lowest BCUT2D eigenvalue weighted by molar-refractivity contribution is 0.424. The highest BCUT2D eigenvalue weighted by Gasteiger charge is 2.14. The maximum atomic E-state index is 5.66. The van der Waals surface area contributed by atoms with Gasteiger partial charge in [0.15, 0.2) is 0 Å². The van der Waals surface area contributed by atoms with Crippen LogP contribution in [-0.2, 0) is 0 Å². The molecule has 1 saturated heterocycles. The summed E-state index contributed by atoms with van der Waals surface area (Å²) in [5, 5.41) is 3.39. The van der Waals surface area contributed by atoms with Crippen LogP contribution in [0.2, 0.25) is 0 Å². The quantitative estimate of drug-likeness (QED) is 0.559. The van der Waals surface area contributed by atoms with Crippen molar-refractivity contribution >= 4 is 11.6 Å². The minimum absolute atomic E-state index is 0.617. The fourth-order valence-corrected chi connectivity index (χ4v) is 2.03. The van der Waals surface area contributed by atoms with Crippen molar-refractivity contribution in [3.8, 4) is 0 Å². The molecule has 0 spiro atoms. The highest BCUT2D eigenvalue weighted by Crippen LogP contribution is 2.22. The van der Waals surface area contributed by atoms with Gasteiger partial charge in [-0.1, -0.05) is 25.2 Å². The number of halogens is 1. The second-order valence-corrected chi connectivity index (χ2v) is 4.00. The van der Waals surface area contributed by atoms with Gasteiger partial charge in [0.05, 0.1) is 0 Å². The van der Waals surface area contributed by atoms with Gasteiger partial charge in [0, 0.05) is 5.88 Å². The van der Waals surface area contributed by atoms with E-state index in [1.54, 1.807) is 0 Å². The third-order valence-electron chi connectivity index (χ3n) is 2.65. The first-order chi connectivity index (χ1) is 6.88. The zero-order valence-corrected chi connectivity index (χ0v) is 9.69. The summed E-state index contributed by atoms with van der Waals surface area (Å²) in [6, 6.07) is 0. The van der Waals surface area contributed by atoms with Crippen molar-refractivity contribution in [2.24, 2.45) is 5.92 Å². The van der Waals surface area contributed by atoms with Crippen LogP contribution in [0.3, 0.4) is 0 Å². The van der Waals surface area contributed by atoms with Crippen LogP contribution >= 0.6 is 11.6 Å². The van der Waals surface area contributed by atoms with Crippen LogP contribution in [0, 0.1) is 5.92 Å². The molecule has 0 aromatic heterocycles. The van der Waals surface area contributed by atoms with Gasteiger partial charge in [-0.05, 0) is 43.8 Å². The van der Waals surface area contributed by atoms with Gasteiger partial charge in [0.1, 0.15) is 0 Å². The zero-order valence-electron chi connectivity index (χ0n) is 8.93. The number of piperidine rings is 1. The van der Waals surface area contributed by atoms with E-state index < -0.39 is 0 Å². The number of hydrogen-bond donors (Lipinski definition) is 1. The highest BCUT2D eigenvalue weighted by atomic mass is 35.5. The molecule has 80 valence electrons. The molecule has 0 saturated carbocycles. The van der Waals surface area contributed by atoms with Gasteiger partial charge in [-0.3, -0.25) is 0 Å².